The van der Waals surface area contributed by atoms with E-state index in [9.17, 15) is 14.4 Å². The Hall–Kier alpha value is -2.91. The zero-order valence-electron chi connectivity index (χ0n) is 16.2. The van der Waals surface area contributed by atoms with Gasteiger partial charge in [0, 0.05) is 39.1 Å². The van der Waals surface area contributed by atoms with E-state index in [2.05, 4.69) is 4.98 Å². The molecule has 1 fully saturated rings. The number of likely N-dealkylation sites (tertiary alicyclic amines) is 1. The number of halogens is 1. The first-order valence-corrected chi connectivity index (χ1v) is 9.07. The topological polar surface area (TPSA) is 108 Å². The van der Waals surface area contributed by atoms with Gasteiger partial charge in [0.2, 0.25) is 5.91 Å². The molecule has 2 atom stereocenters. The quantitative estimate of drug-likeness (QED) is 0.634. The van der Waals surface area contributed by atoms with Gasteiger partial charge in [-0.15, -0.1) is 12.4 Å². The van der Waals surface area contributed by atoms with E-state index in [1.807, 2.05) is 30.3 Å². The molecule has 0 bridgehead atoms. The van der Waals surface area contributed by atoms with E-state index >= 15 is 0 Å². The number of nitrogens with two attached hydrogens (primary N) is 1. The van der Waals surface area contributed by atoms with Crippen LogP contribution in [0.15, 0.2) is 46.2 Å². The molecule has 0 unspecified atom stereocenters. The number of carbonyl (C=O) groups is 1. The standard InChI is InChI=1S/C19H22N6O3.ClH/c1-22-11-21-17-16(22)18(27)25(19(28)23(17)2)10-15(26)24-8-13(14(20)9-24)12-6-4-3-5-7-12;/h3-7,11,13-14H,8-10,20H2,1-2H3;1H/t13-,14+;/m0./s1. The molecule has 10 heteroatoms. The first kappa shape index (κ1) is 20.8. The Morgan fingerprint density at radius 3 is 2.55 bits per heavy atom. The Bertz CT molecular complexity index is 1170. The number of aromatic nitrogens is 4. The van der Waals surface area contributed by atoms with Crippen LogP contribution in [0.5, 0.6) is 0 Å². The summed E-state index contributed by atoms with van der Waals surface area (Å²) >= 11 is 0. The smallest absolute Gasteiger partial charge is 0.332 e. The summed E-state index contributed by atoms with van der Waals surface area (Å²) < 4.78 is 3.80. The first-order chi connectivity index (χ1) is 13.4. The van der Waals surface area contributed by atoms with E-state index in [0.717, 1.165) is 10.1 Å². The molecule has 1 aliphatic rings. The fourth-order valence-electron chi connectivity index (χ4n) is 3.86. The average molecular weight is 419 g/mol. The number of amides is 1. The molecule has 1 amide bonds. The summed E-state index contributed by atoms with van der Waals surface area (Å²) in [6.45, 7) is 0.537. The molecule has 3 heterocycles. The van der Waals surface area contributed by atoms with Crippen molar-refractivity contribution < 1.29 is 4.79 Å². The van der Waals surface area contributed by atoms with Gasteiger partial charge < -0.3 is 15.2 Å². The monoisotopic (exact) mass is 418 g/mol. The van der Waals surface area contributed by atoms with Crippen LogP contribution in [-0.4, -0.2) is 48.6 Å². The second kappa shape index (κ2) is 7.84. The fourth-order valence-corrected chi connectivity index (χ4v) is 3.86. The molecule has 1 saturated heterocycles. The Morgan fingerprint density at radius 2 is 1.86 bits per heavy atom. The minimum atomic E-state index is -0.562. The van der Waals surface area contributed by atoms with E-state index in [-0.39, 0.29) is 42.3 Å². The minimum absolute atomic E-state index is 0. The molecule has 1 aliphatic heterocycles. The van der Waals surface area contributed by atoms with Crippen LogP contribution in [-0.2, 0) is 25.4 Å². The lowest BCUT2D eigenvalue weighted by Gasteiger charge is -2.17. The molecule has 0 saturated carbocycles. The number of aryl methyl sites for hydroxylation is 2. The first-order valence-electron chi connectivity index (χ1n) is 9.07. The molecule has 4 rings (SSSR count). The number of imidazole rings is 1. The van der Waals surface area contributed by atoms with Crippen molar-refractivity contribution in [1.29, 1.82) is 0 Å². The van der Waals surface area contributed by atoms with Gasteiger partial charge in [0.15, 0.2) is 11.2 Å². The van der Waals surface area contributed by atoms with Crippen molar-refractivity contribution in [2.45, 2.75) is 18.5 Å². The summed E-state index contributed by atoms with van der Waals surface area (Å²) in [5.41, 5.74) is 6.84. The number of hydrogen-bond donors (Lipinski definition) is 1. The van der Waals surface area contributed by atoms with Crippen molar-refractivity contribution in [2.75, 3.05) is 13.1 Å². The van der Waals surface area contributed by atoms with Gasteiger partial charge in [-0.25, -0.2) is 14.3 Å². The highest BCUT2D eigenvalue weighted by atomic mass is 35.5. The van der Waals surface area contributed by atoms with Crippen LogP contribution in [0.3, 0.4) is 0 Å². The van der Waals surface area contributed by atoms with E-state index in [1.54, 1.807) is 16.5 Å². The Balaban J connectivity index is 0.00000240. The lowest BCUT2D eigenvalue weighted by Crippen LogP contribution is -2.44. The molecule has 9 nitrogen and oxygen atoms in total. The van der Waals surface area contributed by atoms with Gasteiger partial charge in [0.25, 0.3) is 5.56 Å². The van der Waals surface area contributed by atoms with Crippen LogP contribution >= 0.6 is 12.4 Å². The van der Waals surface area contributed by atoms with E-state index in [4.69, 9.17) is 5.73 Å². The average Bonchev–Trinajstić information content (AvgIpc) is 3.27. The van der Waals surface area contributed by atoms with Gasteiger partial charge in [-0.1, -0.05) is 30.3 Å². The summed E-state index contributed by atoms with van der Waals surface area (Å²) in [4.78, 5) is 43.9. The predicted octanol–water partition coefficient (Wildman–Crippen LogP) is -0.191. The largest absolute Gasteiger partial charge is 0.339 e. The third-order valence-corrected chi connectivity index (χ3v) is 5.44. The van der Waals surface area contributed by atoms with Gasteiger partial charge in [-0.05, 0) is 5.56 Å². The third kappa shape index (κ3) is 3.47. The summed E-state index contributed by atoms with van der Waals surface area (Å²) in [6.07, 6.45) is 1.47. The maximum atomic E-state index is 12.9. The predicted molar refractivity (Wildman–Crippen MR) is 111 cm³/mol. The number of benzene rings is 1. The maximum Gasteiger partial charge on any atom is 0.332 e. The molecule has 0 spiro atoms. The molecule has 1 aromatic carbocycles. The van der Waals surface area contributed by atoms with Crippen LogP contribution in [0.25, 0.3) is 11.2 Å². The number of nitrogens with zero attached hydrogens (tertiary/aromatic N) is 5. The molecule has 29 heavy (non-hydrogen) atoms. The van der Waals surface area contributed by atoms with E-state index in [0.29, 0.717) is 18.7 Å². The Kier molecular flexibility index (Phi) is 5.63. The molecule has 0 radical (unpaired) electrons. The molecule has 0 aliphatic carbocycles. The molecule has 2 N–H and O–H groups in total. The van der Waals surface area contributed by atoms with Crippen LogP contribution in [0.2, 0.25) is 0 Å². The normalized spacial score (nSPS) is 18.8. The highest BCUT2D eigenvalue weighted by Gasteiger charge is 2.34. The van der Waals surface area contributed by atoms with Gasteiger partial charge in [0.05, 0.1) is 6.33 Å². The van der Waals surface area contributed by atoms with Gasteiger partial charge in [-0.2, -0.15) is 0 Å². The van der Waals surface area contributed by atoms with Crippen molar-refractivity contribution in [2.24, 2.45) is 19.8 Å². The zero-order valence-corrected chi connectivity index (χ0v) is 17.0. The lowest BCUT2D eigenvalue weighted by atomic mass is 9.95. The van der Waals surface area contributed by atoms with Gasteiger partial charge in [0.1, 0.15) is 6.54 Å². The molecule has 2 aromatic heterocycles. The summed E-state index contributed by atoms with van der Waals surface area (Å²) in [7, 11) is 3.21. The Morgan fingerprint density at radius 1 is 1.17 bits per heavy atom. The van der Waals surface area contributed by atoms with Crippen molar-refractivity contribution in [3.05, 3.63) is 63.1 Å². The lowest BCUT2D eigenvalue weighted by molar-refractivity contribution is -0.131. The second-order valence-corrected chi connectivity index (χ2v) is 7.24. The zero-order chi connectivity index (χ0) is 20.0. The van der Waals surface area contributed by atoms with Crippen LogP contribution in [0.4, 0.5) is 0 Å². The highest BCUT2D eigenvalue weighted by molar-refractivity contribution is 5.85. The number of fused-ring (bicyclic) bond motifs is 1. The van der Waals surface area contributed by atoms with E-state index < -0.39 is 11.2 Å². The van der Waals surface area contributed by atoms with Crippen molar-refractivity contribution in [1.82, 2.24) is 23.6 Å². The molecular formula is C19H23ClN6O3. The van der Waals surface area contributed by atoms with E-state index in [1.165, 1.54) is 17.9 Å². The SMILES string of the molecule is Cl.Cn1cnc2c1c(=O)n(CC(=O)N1C[C@@H](N)[C@H](c3ccccc3)C1)c(=O)n2C. The minimum Gasteiger partial charge on any atom is -0.339 e. The Labute approximate surface area is 172 Å². The second-order valence-electron chi connectivity index (χ2n) is 7.24. The van der Waals surface area contributed by atoms with Gasteiger partial charge >= 0.3 is 5.69 Å². The summed E-state index contributed by atoms with van der Waals surface area (Å²) in [5.74, 6) is -0.265. The highest BCUT2D eigenvalue weighted by Crippen LogP contribution is 2.26. The van der Waals surface area contributed by atoms with Crippen LogP contribution in [0, 0.1) is 0 Å². The van der Waals surface area contributed by atoms with Crippen molar-refractivity contribution in [3.63, 3.8) is 0 Å². The van der Waals surface area contributed by atoms with Gasteiger partial charge in [-0.3, -0.25) is 14.2 Å². The van der Waals surface area contributed by atoms with Crippen molar-refractivity contribution in [3.8, 4) is 0 Å². The molecule has 3 aromatic rings. The van der Waals surface area contributed by atoms with Crippen LogP contribution < -0.4 is 17.0 Å². The summed E-state index contributed by atoms with van der Waals surface area (Å²) in [5, 5.41) is 0. The van der Waals surface area contributed by atoms with Crippen LogP contribution in [0.1, 0.15) is 11.5 Å². The number of carbonyl (C=O) groups excluding carboxylic acids is 1. The molecule has 154 valence electrons. The fraction of sp³-hybridized carbons (Fsp3) is 0.368. The number of rotatable bonds is 3. The maximum absolute atomic E-state index is 12.9. The molecular weight excluding hydrogens is 396 g/mol. The number of hydrogen-bond acceptors (Lipinski definition) is 5. The summed E-state index contributed by atoms with van der Waals surface area (Å²) in [6, 6.07) is 9.62. The third-order valence-electron chi connectivity index (χ3n) is 5.44. The van der Waals surface area contributed by atoms with Crippen molar-refractivity contribution >= 4 is 29.5 Å².